The lowest BCUT2D eigenvalue weighted by Crippen LogP contribution is -2.45. The van der Waals surface area contributed by atoms with Crippen molar-refractivity contribution in [3.63, 3.8) is 0 Å². The molecule has 3 rings (SSSR count). The molecule has 1 atom stereocenters. The van der Waals surface area contributed by atoms with E-state index >= 15 is 0 Å². The maximum absolute atomic E-state index is 14.2. The van der Waals surface area contributed by atoms with Crippen LogP contribution in [-0.4, -0.2) is 37.3 Å². The SMILES string of the molecule is C[C@@H]1COCCN1c1nc2c(cc1F)CNCC2.Cl.Cl. The summed E-state index contributed by atoms with van der Waals surface area (Å²) in [5.41, 5.74) is 2.02. The van der Waals surface area contributed by atoms with Crippen molar-refractivity contribution in [1.29, 1.82) is 0 Å². The van der Waals surface area contributed by atoms with Crippen LogP contribution in [0.2, 0.25) is 0 Å². The number of pyridine rings is 1. The third kappa shape index (κ3) is 3.34. The van der Waals surface area contributed by atoms with Crippen molar-refractivity contribution >= 4 is 30.6 Å². The van der Waals surface area contributed by atoms with Crippen molar-refractivity contribution in [2.45, 2.75) is 25.9 Å². The molecule has 0 aromatic carbocycles. The number of halogens is 3. The molecule has 0 unspecified atom stereocenters. The van der Waals surface area contributed by atoms with Gasteiger partial charge >= 0.3 is 0 Å². The highest BCUT2D eigenvalue weighted by Gasteiger charge is 2.25. The second kappa shape index (κ2) is 7.41. The Labute approximate surface area is 130 Å². The monoisotopic (exact) mass is 323 g/mol. The zero-order valence-electron chi connectivity index (χ0n) is 11.4. The first-order valence-corrected chi connectivity index (χ1v) is 6.49. The lowest BCUT2D eigenvalue weighted by molar-refractivity contribution is 0.0981. The summed E-state index contributed by atoms with van der Waals surface area (Å²) in [5.74, 6) is 0.276. The molecule has 1 aromatic heterocycles. The van der Waals surface area contributed by atoms with Crippen molar-refractivity contribution in [3.8, 4) is 0 Å². The number of hydrogen-bond donors (Lipinski definition) is 1. The summed E-state index contributed by atoms with van der Waals surface area (Å²) >= 11 is 0. The third-order valence-corrected chi connectivity index (χ3v) is 3.62. The minimum absolute atomic E-state index is 0. The highest BCUT2D eigenvalue weighted by Crippen LogP contribution is 2.24. The number of hydrogen-bond acceptors (Lipinski definition) is 4. The van der Waals surface area contributed by atoms with Crippen LogP contribution < -0.4 is 10.2 Å². The first kappa shape index (κ1) is 17.4. The van der Waals surface area contributed by atoms with Gasteiger partial charge in [0, 0.05) is 31.7 Å². The average molecular weight is 324 g/mol. The molecule has 1 fully saturated rings. The molecular formula is C13H20Cl2FN3O. The smallest absolute Gasteiger partial charge is 0.166 e. The molecule has 4 nitrogen and oxygen atoms in total. The Morgan fingerprint density at radius 1 is 1.45 bits per heavy atom. The van der Waals surface area contributed by atoms with E-state index in [2.05, 4.69) is 10.3 Å². The van der Waals surface area contributed by atoms with E-state index in [9.17, 15) is 4.39 Å². The molecule has 1 saturated heterocycles. The normalized spacial score (nSPS) is 21.5. The molecule has 0 bridgehead atoms. The van der Waals surface area contributed by atoms with Gasteiger partial charge in [-0.3, -0.25) is 0 Å². The molecule has 0 radical (unpaired) electrons. The van der Waals surface area contributed by atoms with Gasteiger partial charge in [0.05, 0.1) is 19.3 Å². The second-order valence-corrected chi connectivity index (χ2v) is 4.94. The molecular weight excluding hydrogens is 304 g/mol. The lowest BCUT2D eigenvalue weighted by atomic mass is 10.1. The molecule has 0 amide bonds. The topological polar surface area (TPSA) is 37.4 Å². The average Bonchev–Trinajstić information content (AvgIpc) is 2.39. The highest BCUT2D eigenvalue weighted by molar-refractivity contribution is 5.85. The first-order valence-electron chi connectivity index (χ1n) is 6.49. The van der Waals surface area contributed by atoms with Gasteiger partial charge in [-0.2, -0.15) is 0 Å². The number of nitrogens with one attached hydrogen (secondary N) is 1. The minimum atomic E-state index is -0.216. The Morgan fingerprint density at radius 3 is 3.00 bits per heavy atom. The van der Waals surface area contributed by atoms with Gasteiger partial charge < -0.3 is 15.0 Å². The van der Waals surface area contributed by atoms with Crippen molar-refractivity contribution < 1.29 is 9.13 Å². The van der Waals surface area contributed by atoms with E-state index in [0.717, 1.165) is 30.8 Å². The standard InChI is InChI=1S/C13H18FN3O.2ClH/c1-9-8-18-5-4-17(9)13-11(14)6-10-7-15-3-2-12(10)16-13;;/h6,9,15H,2-5,7-8H2,1H3;2*1H/t9-;;/m1../s1. The molecule has 1 aromatic rings. The Kier molecular flexibility index (Phi) is 6.45. The number of fused-ring (bicyclic) bond motifs is 1. The first-order chi connectivity index (χ1) is 8.75. The molecule has 7 heteroatoms. The van der Waals surface area contributed by atoms with Crippen LogP contribution in [0.4, 0.5) is 10.2 Å². The predicted molar refractivity (Wildman–Crippen MR) is 81.7 cm³/mol. The zero-order chi connectivity index (χ0) is 12.5. The number of nitrogens with zero attached hydrogens (tertiary/aromatic N) is 2. The Balaban J connectivity index is 0.000001000. The number of anilines is 1. The van der Waals surface area contributed by atoms with Crippen molar-refractivity contribution in [2.75, 3.05) is 31.2 Å². The van der Waals surface area contributed by atoms with Crippen LogP contribution in [0.5, 0.6) is 0 Å². The number of morpholine rings is 1. The van der Waals surface area contributed by atoms with Gasteiger partial charge in [-0.05, 0) is 18.6 Å². The van der Waals surface area contributed by atoms with Gasteiger partial charge in [0.1, 0.15) is 0 Å². The number of aromatic nitrogens is 1. The lowest BCUT2D eigenvalue weighted by Gasteiger charge is -2.35. The summed E-state index contributed by atoms with van der Waals surface area (Å²) in [4.78, 5) is 6.56. The Bertz CT molecular complexity index is 461. The van der Waals surface area contributed by atoms with E-state index in [-0.39, 0.29) is 36.7 Å². The largest absolute Gasteiger partial charge is 0.377 e. The van der Waals surface area contributed by atoms with E-state index < -0.39 is 0 Å². The van der Waals surface area contributed by atoms with Gasteiger partial charge in [0.25, 0.3) is 0 Å². The Hall–Kier alpha value is -0.620. The van der Waals surface area contributed by atoms with Gasteiger partial charge in [0.15, 0.2) is 11.6 Å². The summed E-state index contributed by atoms with van der Waals surface area (Å²) in [7, 11) is 0. The van der Waals surface area contributed by atoms with Crippen molar-refractivity contribution in [2.24, 2.45) is 0 Å². The van der Waals surface area contributed by atoms with Crippen LogP contribution in [0.15, 0.2) is 6.07 Å². The van der Waals surface area contributed by atoms with Gasteiger partial charge in [0.2, 0.25) is 0 Å². The van der Waals surface area contributed by atoms with Gasteiger partial charge in [-0.1, -0.05) is 0 Å². The maximum atomic E-state index is 14.2. The van der Waals surface area contributed by atoms with Crippen molar-refractivity contribution in [3.05, 3.63) is 23.1 Å². The second-order valence-electron chi connectivity index (χ2n) is 4.94. The van der Waals surface area contributed by atoms with E-state index in [4.69, 9.17) is 4.74 Å². The summed E-state index contributed by atoms with van der Waals surface area (Å²) in [6, 6.07) is 1.81. The predicted octanol–water partition coefficient (Wildman–Crippen LogP) is 1.94. The van der Waals surface area contributed by atoms with E-state index in [1.165, 1.54) is 0 Å². The molecule has 114 valence electrons. The third-order valence-electron chi connectivity index (χ3n) is 3.62. The summed E-state index contributed by atoms with van der Waals surface area (Å²) in [6.07, 6.45) is 0.876. The molecule has 0 spiro atoms. The van der Waals surface area contributed by atoms with Crippen LogP contribution in [0.25, 0.3) is 0 Å². The molecule has 2 aliphatic rings. The van der Waals surface area contributed by atoms with Crippen LogP contribution in [-0.2, 0) is 17.7 Å². The fourth-order valence-corrected chi connectivity index (χ4v) is 2.60. The molecule has 0 aliphatic carbocycles. The molecule has 1 N–H and O–H groups in total. The van der Waals surface area contributed by atoms with Crippen molar-refractivity contribution in [1.82, 2.24) is 10.3 Å². The zero-order valence-corrected chi connectivity index (χ0v) is 13.0. The minimum Gasteiger partial charge on any atom is -0.377 e. The van der Waals surface area contributed by atoms with Crippen LogP contribution in [0, 0.1) is 5.82 Å². The summed E-state index contributed by atoms with van der Waals surface area (Å²) in [5, 5.41) is 3.24. The molecule has 3 heterocycles. The fraction of sp³-hybridized carbons (Fsp3) is 0.615. The van der Waals surface area contributed by atoms with Crippen LogP contribution >= 0.6 is 24.8 Å². The Morgan fingerprint density at radius 2 is 2.25 bits per heavy atom. The highest BCUT2D eigenvalue weighted by atomic mass is 35.5. The maximum Gasteiger partial charge on any atom is 0.166 e. The quantitative estimate of drug-likeness (QED) is 0.857. The number of ether oxygens (including phenoxy) is 1. The molecule has 2 aliphatic heterocycles. The van der Waals surface area contributed by atoms with Crippen LogP contribution in [0.3, 0.4) is 0 Å². The molecule has 0 saturated carbocycles. The molecule has 20 heavy (non-hydrogen) atoms. The van der Waals surface area contributed by atoms with E-state index in [0.29, 0.717) is 25.6 Å². The van der Waals surface area contributed by atoms with E-state index in [1.807, 2.05) is 11.8 Å². The van der Waals surface area contributed by atoms with E-state index in [1.54, 1.807) is 6.07 Å². The van der Waals surface area contributed by atoms with Gasteiger partial charge in [-0.25, -0.2) is 9.37 Å². The van der Waals surface area contributed by atoms with Crippen LogP contribution in [0.1, 0.15) is 18.2 Å². The van der Waals surface area contributed by atoms with Gasteiger partial charge in [-0.15, -0.1) is 24.8 Å². The summed E-state index contributed by atoms with van der Waals surface area (Å²) in [6.45, 7) is 5.68. The number of rotatable bonds is 1. The summed E-state index contributed by atoms with van der Waals surface area (Å²) < 4.78 is 19.5. The fourth-order valence-electron chi connectivity index (χ4n) is 2.60.